The van der Waals surface area contributed by atoms with Gasteiger partial charge in [-0.25, -0.2) is 4.39 Å². The maximum atomic E-state index is 13.3. The molecule has 21 heavy (non-hydrogen) atoms. The van der Waals surface area contributed by atoms with Gasteiger partial charge < -0.3 is 14.7 Å². The Labute approximate surface area is 121 Å². The molecule has 1 amide bonds. The Kier molecular flexibility index (Phi) is 3.41. The van der Waals surface area contributed by atoms with Crippen molar-refractivity contribution in [3.05, 3.63) is 35.6 Å². The molecule has 1 saturated carbocycles. The Bertz CT molecular complexity index is 585. The first-order chi connectivity index (χ1) is 10.0. The molecular formula is C15H16FNO4. The number of amides is 1. The fourth-order valence-electron chi connectivity index (χ4n) is 2.69. The number of aliphatic carboxylic acids is 1. The van der Waals surface area contributed by atoms with Crippen LogP contribution in [0, 0.1) is 11.2 Å². The van der Waals surface area contributed by atoms with Gasteiger partial charge >= 0.3 is 5.97 Å². The number of ether oxygens (including phenoxy) is 1. The van der Waals surface area contributed by atoms with E-state index in [1.165, 1.54) is 17.0 Å². The molecule has 1 aromatic rings. The Morgan fingerprint density at radius 2 is 2.14 bits per heavy atom. The summed E-state index contributed by atoms with van der Waals surface area (Å²) in [5.41, 5.74) is -0.572. The molecule has 0 aromatic heterocycles. The number of carbonyl (C=O) groups is 2. The van der Waals surface area contributed by atoms with Gasteiger partial charge in [0.2, 0.25) is 5.91 Å². The highest BCUT2D eigenvalue weighted by Crippen LogP contribution is 2.48. The molecule has 1 heterocycles. The van der Waals surface area contributed by atoms with Crippen molar-refractivity contribution in [1.29, 1.82) is 0 Å². The molecule has 5 nitrogen and oxygen atoms in total. The number of rotatable bonds is 3. The van der Waals surface area contributed by atoms with Crippen LogP contribution in [0.5, 0.6) is 0 Å². The zero-order valence-corrected chi connectivity index (χ0v) is 11.4. The standard InChI is InChI=1S/C15H16FNO4/c16-11-3-1-2-10(8-11)12-9-17(6-7-21-12)13(18)15(4-5-15)14(19)20/h1-3,8,12H,4-7,9H2,(H,19,20). The zero-order chi connectivity index (χ0) is 15.0. The van der Waals surface area contributed by atoms with Gasteiger partial charge in [0, 0.05) is 6.54 Å². The highest BCUT2D eigenvalue weighted by molar-refractivity contribution is 6.04. The van der Waals surface area contributed by atoms with Crippen molar-refractivity contribution in [3.8, 4) is 0 Å². The molecule has 1 atom stereocenters. The molecule has 0 spiro atoms. The number of carboxylic acids is 1. The summed E-state index contributed by atoms with van der Waals surface area (Å²) >= 11 is 0. The van der Waals surface area contributed by atoms with Crippen molar-refractivity contribution in [2.75, 3.05) is 19.7 Å². The molecule has 1 aliphatic carbocycles. The minimum absolute atomic E-state index is 0.261. The molecule has 6 heteroatoms. The summed E-state index contributed by atoms with van der Waals surface area (Å²) in [5, 5.41) is 9.20. The molecular weight excluding hydrogens is 277 g/mol. The maximum Gasteiger partial charge on any atom is 0.319 e. The number of hydrogen-bond acceptors (Lipinski definition) is 3. The van der Waals surface area contributed by atoms with E-state index in [4.69, 9.17) is 4.74 Å². The number of nitrogens with zero attached hydrogens (tertiary/aromatic N) is 1. The van der Waals surface area contributed by atoms with Gasteiger partial charge in [0.25, 0.3) is 0 Å². The lowest BCUT2D eigenvalue weighted by Gasteiger charge is -2.34. The summed E-state index contributed by atoms with van der Waals surface area (Å²) in [6.07, 6.45) is 0.370. The summed E-state index contributed by atoms with van der Waals surface area (Å²) in [6, 6.07) is 6.06. The van der Waals surface area contributed by atoms with Gasteiger partial charge in [0.15, 0.2) is 0 Å². The van der Waals surface area contributed by atoms with Gasteiger partial charge in [-0.05, 0) is 30.5 Å². The lowest BCUT2D eigenvalue weighted by atomic mass is 10.0. The number of morpholine rings is 1. The van der Waals surface area contributed by atoms with Crippen LogP contribution in [0.3, 0.4) is 0 Å². The van der Waals surface area contributed by atoms with Gasteiger partial charge in [0.05, 0.1) is 13.2 Å². The van der Waals surface area contributed by atoms with Crippen LogP contribution in [0.4, 0.5) is 4.39 Å². The highest BCUT2D eigenvalue weighted by atomic mass is 19.1. The number of carbonyl (C=O) groups excluding carboxylic acids is 1. The third-order valence-corrected chi connectivity index (χ3v) is 4.14. The Morgan fingerprint density at radius 3 is 2.76 bits per heavy atom. The van der Waals surface area contributed by atoms with Crippen molar-refractivity contribution < 1.29 is 23.8 Å². The van der Waals surface area contributed by atoms with Crippen molar-refractivity contribution in [2.24, 2.45) is 5.41 Å². The SMILES string of the molecule is O=C(O)C1(C(=O)N2CCOC(c3cccc(F)c3)C2)CC1. The van der Waals surface area contributed by atoms with E-state index in [9.17, 15) is 19.1 Å². The van der Waals surface area contributed by atoms with E-state index in [0.29, 0.717) is 31.6 Å². The smallest absolute Gasteiger partial charge is 0.319 e. The predicted molar refractivity (Wildman–Crippen MR) is 71.0 cm³/mol. The Morgan fingerprint density at radius 1 is 1.38 bits per heavy atom. The second-order valence-corrected chi connectivity index (χ2v) is 5.55. The zero-order valence-electron chi connectivity index (χ0n) is 11.4. The minimum Gasteiger partial charge on any atom is -0.480 e. The lowest BCUT2D eigenvalue weighted by Crippen LogP contribution is -2.47. The third kappa shape index (κ3) is 2.51. The number of halogens is 1. The molecule has 3 rings (SSSR count). The monoisotopic (exact) mass is 293 g/mol. The normalized spacial score (nSPS) is 23.7. The first kappa shape index (κ1) is 14.0. The van der Waals surface area contributed by atoms with E-state index in [0.717, 1.165) is 0 Å². The average molecular weight is 293 g/mol. The highest BCUT2D eigenvalue weighted by Gasteiger charge is 2.58. The molecule has 0 radical (unpaired) electrons. The van der Waals surface area contributed by atoms with E-state index in [1.54, 1.807) is 12.1 Å². The minimum atomic E-state index is -1.23. The van der Waals surface area contributed by atoms with E-state index >= 15 is 0 Å². The fraction of sp³-hybridized carbons (Fsp3) is 0.467. The molecule has 112 valence electrons. The van der Waals surface area contributed by atoms with Gasteiger partial charge in [-0.2, -0.15) is 0 Å². The second-order valence-electron chi connectivity index (χ2n) is 5.55. The largest absolute Gasteiger partial charge is 0.480 e. The van der Waals surface area contributed by atoms with Crippen LogP contribution < -0.4 is 0 Å². The quantitative estimate of drug-likeness (QED) is 0.859. The van der Waals surface area contributed by atoms with Crippen molar-refractivity contribution in [3.63, 3.8) is 0 Å². The molecule has 0 bridgehead atoms. The van der Waals surface area contributed by atoms with Crippen LogP contribution in [0.25, 0.3) is 0 Å². The molecule has 1 N–H and O–H groups in total. The van der Waals surface area contributed by atoms with Gasteiger partial charge in [-0.1, -0.05) is 12.1 Å². The van der Waals surface area contributed by atoms with E-state index in [-0.39, 0.29) is 18.3 Å². The van der Waals surface area contributed by atoms with Crippen LogP contribution in [0.2, 0.25) is 0 Å². The fourth-order valence-corrected chi connectivity index (χ4v) is 2.69. The number of carboxylic acid groups (broad SMARTS) is 1. The van der Waals surface area contributed by atoms with Crippen molar-refractivity contribution in [1.82, 2.24) is 4.90 Å². The molecule has 1 saturated heterocycles. The van der Waals surface area contributed by atoms with Gasteiger partial charge in [-0.3, -0.25) is 9.59 Å². The third-order valence-electron chi connectivity index (χ3n) is 4.14. The molecule has 1 unspecified atom stereocenters. The summed E-state index contributed by atoms with van der Waals surface area (Å²) in [4.78, 5) is 25.1. The van der Waals surface area contributed by atoms with Crippen molar-refractivity contribution >= 4 is 11.9 Å². The van der Waals surface area contributed by atoms with E-state index < -0.39 is 17.5 Å². The first-order valence-corrected chi connectivity index (χ1v) is 6.93. The van der Waals surface area contributed by atoms with Crippen LogP contribution in [-0.2, 0) is 14.3 Å². The average Bonchev–Trinajstić information content (AvgIpc) is 3.28. The Hall–Kier alpha value is -1.95. The summed E-state index contributed by atoms with van der Waals surface area (Å²) in [7, 11) is 0. The van der Waals surface area contributed by atoms with Crippen LogP contribution in [0.1, 0.15) is 24.5 Å². The molecule has 2 aliphatic rings. The van der Waals surface area contributed by atoms with Crippen molar-refractivity contribution in [2.45, 2.75) is 18.9 Å². The van der Waals surface area contributed by atoms with Crippen LogP contribution in [0.15, 0.2) is 24.3 Å². The summed E-state index contributed by atoms with van der Waals surface area (Å²) in [6.45, 7) is 0.958. The van der Waals surface area contributed by atoms with Gasteiger partial charge in [-0.15, -0.1) is 0 Å². The molecule has 2 fully saturated rings. The summed E-state index contributed by atoms with van der Waals surface area (Å²) in [5.74, 6) is -1.76. The summed E-state index contributed by atoms with van der Waals surface area (Å²) < 4.78 is 18.9. The van der Waals surface area contributed by atoms with E-state index in [2.05, 4.69) is 0 Å². The van der Waals surface area contributed by atoms with Gasteiger partial charge in [0.1, 0.15) is 17.3 Å². The predicted octanol–water partition coefficient (Wildman–Crippen LogP) is 1.59. The van der Waals surface area contributed by atoms with Crippen LogP contribution >= 0.6 is 0 Å². The topological polar surface area (TPSA) is 66.8 Å². The second kappa shape index (κ2) is 5.11. The maximum absolute atomic E-state index is 13.3. The first-order valence-electron chi connectivity index (χ1n) is 6.93. The number of benzene rings is 1. The molecule has 1 aromatic carbocycles. The molecule has 1 aliphatic heterocycles. The lowest BCUT2D eigenvalue weighted by molar-refractivity contribution is -0.157. The van der Waals surface area contributed by atoms with Crippen LogP contribution in [-0.4, -0.2) is 41.6 Å². The Balaban J connectivity index is 1.74. The number of hydrogen-bond donors (Lipinski definition) is 1. The van der Waals surface area contributed by atoms with E-state index in [1.807, 2.05) is 0 Å².